The number of allylic oxidation sites excluding steroid dienone is 2. The highest BCUT2D eigenvalue weighted by Gasteiger charge is 2.32. The van der Waals surface area contributed by atoms with Gasteiger partial charge in [0.05, 0.1) is 11.4 Å². The molecule has 0 amide bonds. The van der Waals surface area contributed by atoms with E-state index in [0.29, 0.717) is 5.70 Å². The standard InChI is InChI=1S/C12H12N2O2/c1-12(11(15)16)7-4-6-10(14-12)9-5-2-3-8-13-9/h2-8,14H,1H3,(H,15,16). The van der Waals surface area contributed by atoms with Gasteiger partial charge in [0, 0.05) is 6.20 Å². The van der Waals surface area contributed by atoms with Crippen molar-refractivity contribution in [1.29, 1.82) is 0 Å². The van der Waals surface area contributed by atoms with E-state index in [1.54, 1.807) is 25.3 Å². The fraction of sp³-hybridized carbons (Fsp3) is 0.167. The number of aromatic nitrogens is 1. The maximum absolute atomic E-state index is 11.1. The van der Waals surface area contributed by atoms with Gasteiger partial charge in [-0.15, -0.1) is 0 Å². The van der Waals surface area contributed by atoms with Crippen molar-refractivity contribution in [2.75, 3.05) is 0 Å². The monoisotopic (exact) mass is 216 g/mol. The number of nitrogens with one attached hydrogen (secondary N) is 1. The first kappa shape index (κ1) is 10.4. The lowest BCUT2D eigenvalue weighted by atomic mass is 9.98. The van der Waals surface area contributed by atoms with E-state index in [1.807, 2.05) is 24.3 Å². The number of carboxylic acids is 1. The number of aliphatic carboxylic acids is 1. The summed E-state index contributed by atoms with van der Waals surface area (Å²) in [5, 5.41) is 12.1. The molecule has 2 heterocycles. The summed E-state index contributed by atoms with van der Waals surface area (Å²) in [6, 6.07) is 5.51. The molecule has 1 unspecified atom stereocenters. The number of hydrogen-bond donors (Lipinski definition) is 2. The second-order valence-electron chi connectivity index (χ2n) is 3.79. The summed E-state index contributed by atoms with van der Waals surface area (Å²) in [5.74, 6) is -0.912. The molecule has 4 nitrogen and oxygen atoms in total. The first-order valence-corrected chi connectivity index (χ1v) is 4.94. The maximum atomic E-state index is 11.1. The average Bonchev–Trinajstić information content (AvgIpc) is 2.30. The third kappa shape index (κ3) is 1.82. The molecule has 0 radical (unpaired) electrons. The van der Waals surface area contributed by atoms with Gasteiger partial charge < -0.3 is 10.4 Å². The Hall–Kier alpha value is -2.10. The molecule has 82 valence electrons. The van der Waals surface area contributed by atoms with Crippen molar-refractivity contribution in [1.82, 2.24) is 10.3 Å². The maximum Gasteiger partial charge on any atom is 0.333 e. The van der Waals surface area contributed by atoms with Crippen LogP contribution in [0.1, 0.15) is 12.6 Å². The van der Waals surface area contributed by atoms with Crippen molar-refractivity contribution in [2.45, 2.75) is 12.5 Å². The first-order chi connectivity index (χ1) is 7.62. The molecule has 4 heteroatoms. The zero-order valence-electron chi connectivity index (χ0n) is 8.84. The van der Waals surface area contributed by atoms with Gasteiger partial charge in [-0.3, -0.25) is 4.98 Å². The number of dihydropyridines is 1. The molecule has 0 saturated heterocycles. The van der Waals surface area contributed by atoms with Gasteiger partial charge in [0.25, 0.3) is 0 Å². The van der Waals surface area contributed by atoms with Crippen LogP contribution in [0.5, 0.6) is 0 Å². The molecule has 0 bridgehead atoms. The second kappa shape index (κ2) is 3.81. The van der Waals surface area contributed by atoms with Gasteiger partial charge in [-0.05, 0) is 31.2 Å². The number of carboxylic acid groups (broad SMARTS) is 1. The van der Waals surface area contributed by atoms with E-state index in [9.17, 15) is 4.79 Å². The van der Waals surface area contributed by atoms with Crippen LogP contribution >= 0.6 is 0 Å². The summed E-state index contributed by atoms with van der Waals surface area (Å²) in [6.45, 7) is 1.61. The third-order valence-corrected chi connectivity index (χ3v) is 2.47. The van der Waals surface area contributed by atoms with Crippen molar-refractivity contribution < 1.29 is 9.90 Å². The fourth-order valence-electron chi connectivity index (χ4n) is 1.50. The van der Waals surface area contributed by atoms with Crippen molar-refractivity contribution in [3.63, 3.8) is 0 Å². The van der Waals surface area contributed by atoms with Gasteiger partial charge >= 0.3 is 5.97 Å². The molecule has 1 atom stereocenters. The topological polar surface area (TPSA) is 62.2 Å². The quantitative estimate of drug-likeness (QED) is 0.785. The molecule has 1 aliphatic heterocycles. The smallest absolute Gasteiger partial charge is 0.333 e. The van der Waals surface area contributed by atoms with Gasteiger partial charge in [-0.25, -0.2) is 4.79 Å². The third-order valence-electron chi connectivity index (χ3n) is 2.47. The number of rotatable bonds is 2. The molecule has 1 aliphatic rings. The number of hydrogen-bond acceptors (Lipinski definition) is 3. The minimum Gasteiger partial charge on any atom is -0.479 e. The highest BCUT2D eigenvalue weighted by atomic mass is 16.4. The second-order valence-corrected chi connectivity index (χ2v) is 3.79. The van der Waals surface area contributed by atoms with E-state index in [-0.39, 0.29) is 0 Å². The molecule has 0 fully saturated rings. The molecule has 2 N–H and O–H groups in total. The lowest BCUT2D eigenvalue weighted by Crippen LogP contribution is -2.47. The van der Waals surface area contributed by atoms with E-state index >= 15 is 0 Å². The van der Waals surface area contributed by atoms with Gasteiger partial charge in [0.2, 0.25) is 0 Å². The van der Waals surface area contributed by atoms with Crippen LogP contribution in [0, 0.1) is 0 Å². The summed E-state index contributed by atoms with van der Waals surface area (Å²) in [7, 11) is 0. The Labute approximate surface area is 93.3 Å². The zero-order chi connectivity index (χ0) is 11.6. The van der Waals surface area contributed by atoms with Crippen LogP contribution in [0.4, 0.5) is 0 Å². The molecular formula is C12H12N2O2. The molecule has 0 aromatic carbocycles. The predicted octanol–water partition coefficient (Wildman–Crippen LogP) is 1.43. The summed E-state index contributed by atoms with van der Waals surface area (Å²) in [5.41, 5.74) is 0.383. The van der Waals surface area contributed by atoms with E-state index in [2.05, 4.69) is 10.3 Å². The van der Waals surface area contributed by atoms with E-state index in [1.165, 1.54) is 0 Å². The Kier molecular flexibility index (Phi) is 2.48. The molecule has 0 saturated carbocycles. The van der Waals surface area contributed by atoms with Crippen LogP contribution in [0.3, 0.4) is 0 Å². The lowest BCUT2D eigenvalue weighted by Gasteiger charge is -2.27. The average molecular weight is 216 g/mol. The predicted molar refractivity (Wildman–Crippen MR) is 60.5 cm³/mol. The highest BCUT2D eigenvalue weighted by Crippen LogP contribution is 2.19. The van der Waals surface area contributed by atoms with Crippen molar-refractivity contribution in [2.24, 2.45) is 0 Å². The minimum absolute atomic E-state index is 0.716. The molecule has 0 spiro atoms. The summed E-state index contributed by atoms with van der Waals surface area (Å²) in [6.07, 6.45) is 6.83. The van der Waals surface area contributed by atoms with Crippen LogP contribution in [0.25, 0.3) is 5.70 Å². The van der Waals surface area contributed by atoms with E-state index in [4.69, 9.17) is 5.11 Å². The minimum atomic E-state index is -1.07. The summed E-state index contributed by atoms with van der Waals surface area (Å²) >= 11 is 0. The van der Waals surface area contributed by atoms with Gasteiger partial charge in [0.15, 0.2) is 5.54 Å². The number of carbonyl (C=O) groups is 1. The van der Waals surface area contributed by atoms with Crippen molar-refractivity contribution >= 4 is 11.7 Å². The Morgan fingerprint density at radius 1 is 1.50 bits per heavy atom. The SMILES string of the molecule is CC1(C(=O)O)C=CC=C(c2ccccn2)N1. The zero-order valence-corrected chi connectivity index (χ0v) is 8.84. The number of pyridine rings is 1. The van der Waals surface area contributed by atoms with Gasteiger partial charge in [-0.2, -0.15) is 0 Å². The normalized spacial score (nSPS) is 23.4. The Balaban J connectivity index is 2.31. The molecule has 16 heavy (non-hydrogen) atoms. The Bertz CT molecular complexity index is 465. The Morgan fingerprint density at radius 3 is 2.94 bits per heavy atom. The number of nitrogens with zero attached hydrogens (tertiary/aromatic N) is 1. The highest BCUT2D eigenvalue weighted by molar-refractivity contribution is 5.85. The van der Waals surface area contributed by atoms with Gasteiger partial charge in [0.1, 0.15) is 0 Å². The first-order valence-electron chi connectivity index (χ1n) is 4.94. The molecule has 1 aromatic rings. The van der Waals surface area contributed by atoms with E-state index < -0.39 is 11.5 Å². The Morgan fingerprint density at radius 2 is 2.31 bits per heavy atom. The largest absolute Gasteiger partial charge is 0.479 e. The van der Waals surface area contributed by atoms with Crippen LogP contribution in [0.15, 0.2) is 42.6 Å². The fourth-order valence-corrected chi connectivity index (χ4v) is 1.50. The summed E-state index contributed by atoms with van der Waals surface area (Å²) in [4.78, 5) is 15.3. The van der Waals surface area contributed by atoms with Crippen LogP contribution in [0.2, 0.25) is 0 Å². The van der Waals surface area contributed by atoms with Crippen LogP contribution in [-0.4, -0.2) is 21.6 Å². The van der Waals surface area contributed by atoms with E-state index in [0.717, 1.165) is 5.69 Å². The van der Waals surface area contributed by atoms with Crippen LogP contribution < -0.4 is 5.32 Å². The molecular weight excluding hydrogens is 204 g/mol. The lowest BCUT2D eigenvalue weighted by molar-refractivity contribution is -0.141. The molecule has 1 aromatic heterocycles. The van der Waals surface area contributed by atoms with Gasteiger partial charge in [-0.1, -0.05) is 12.1 Å². The molecule has 0 aliphatic carbocycles. The molecule has 2 rings (SSSR count). The van der Waals surface area contributed by atoms with Crippen LogP contribution in [-0.2, 0) is 4.79 Å². The van der Waals surface area contributed by atoms with Crippen molar-refractivity contribution in [3.8, 4) is 0 Å². The van der Waals surface area contributed by atoms with Crippen molar-refractivity contribution in [3.05, 3.63) is 48.3 Å². The summed E-state index contributed by atoms with van der Waals surface area (Å²) < 4.78 is 0.